The average Bonchev–Trinajstić information content (AvgIpc) is 2.98. The van der Waals surface area contributed by atoms with Crippen LogP contribution in [-0.4, -0.2) is 49.4 Å². The van der Waals surface area contributed by atoms with Crippen molar-refractivity contribution in [2.45, 2.75) is 17.7 Å². The van der Waals surface area contributed by atoms with Crippen molar-refractivity contribution in [2.24, 2.45) is 4.99 Å². The van der Waals surface area contributed by atoms with Gasteiger partial charge < -0.3 is 9.64 Å². The second-order valence-corrected chi connectivity index (χ2v) is 8.83. The van der Waals surface area contributed by atoms with Crippen LogP contribution in [0, 0.1) is 11.3 Å². The summed E-state index contributed by atoms with van der Waals surface area (Å²) in [5, 5.41) is 8.88. The maximum Gasteiger partial charge on any atom is 0.262 e. The van der Waals surface area contributed by atoms with Gasteiger partial charge in [-0.3, -0.25) is 4.79 Å². The van der Waals surface area contributed by atoms with Crippen molar-refractivity contribution in [3.8, 4) is 11.8 Å². The summed E-state index contributed by atoms with van der Waals surface area (Å²) in [6.07, 6.45) is -0.308. The second kappa shape index (κ2) is 6.45. The minimum atomic E-state index is -3.12. The molecule has 9 heteroatoms. The van der Waals surface area contributed by atoms with E-state index in [1.165, 1.54) is 18.9 Å². The van der Waals surface area contributed by atoms with E-state index in [4.69, 9.17) is 10.00 Å². The maximum atomic E-state index is 12.0. The highest BCUT2D eigenvalue weighted by Crippen LogP contribution is 2.43. The first-order chi connectivity index (χ1) is 11.4. The number of nitrogens with zero attached hydrogens (tertiary/aromatic N) is 3. The Kier molecular flexibility index (Phi) is 4.51. The van der Waals surface area contributed by atoms with E-state index in [1.54, 1.807) is 23.1 Å². The summed E-state index contributed by atoms with van der Waals surface area (Å²) < 4.78 is 29.3. The molecule has 0 aromatic heterocycles. The molecule has 2 saturated heterocycles. The molecule has 1 aromatic rings. The van der Waals surface area contributed by atoms with Crippen LogP contribution in [-0.2, 0) is 14.6 Å². The van der Waals surface area contributed by atoms with Gasteiger partial charge in [-0.2, -0.15) is 10.3 Å². The summed E-state index contributed by atoms with van der Waals surface area (Å²) in [6, 6.07) is 8.67. The standard InChI is InChI=1S/C15H15N3O4S2/c1-22-12-5-3-2-4-10(12)18-11-8-24(20,21)9-13(11)23-15(18)17-14(19)6-7-16/h2-5,11,13H,6,8-9H2,1H3/t11-,13+/m1/s1. The number of carbonyl (C=O) groups is 1. The molecule has 0 radical (unpaired) electrons. The number of aliphatic imine (C=N–C) groups is 1. The Labute approximate surface area is 144 Å². The van der Waals surface area contributed by atoms with Crippen molar-refractivity contribution in [3.05, 3.63) is 24.3 Å². The molecule has 0 saturated carbocycles. The summed E-state index contributed by atoms with van der Waals surface area (Å²) in [6.45, 7) is 0. The molecular weight excluding hydrogens is 350 g/mol. The van der Waals surface area contributed by atoms with Gasteiger partial charge in [0.1, 0.15) is 12.2 Å². The monoisotopic (exact) mass is 365 g/mol. The highest BCUT2D eigenvalue weighted by atomic mass is 32.2. The Morgan fingerprint density at radius 2 is 2.21 bits per heavy atom. The molecule has 0 bridgehead atoms. The van der Waals surface area contributed by atoms with Crippen molar-refractivity contribution in [1.29, 1.82) is 5.26 Å². The first-order valence-corrected chi connectivity index (χ1v) is 9.93. The number of amides is 1. The predicted molar refractivity (Wildman–Crippen MR) is 92.0 cm³/mol. The normalized spacial score (nSPS) is 26.2. The fraction of sp³-hybridized carbons (Fsp3) is 0.400. The van der Waals surface area contributed by atoms with E-state index < -0.39 is 15.7 Å². The number of carbonyl (C=O) groups excluding carboxylic acids is 1. The number of para-hydroxylation sites is 2. The third-order valence-electron chi connectivity index (χ3n) is 3.86. The Balaban J connectivity index is 2.05. The highest BCUT2D eigenvalue weighted by molar-refractivity contribution is 8.16. The lowest BCUT2D eigenvalue weighted by Gasteiger charge is -2.26. The number of ether oxygens (including phenoxy) is 1. The summed E-state index contributed by atoms with van der Waals surface area (Å²) in [5.74, 6) is 0.0966. The molecule has 0 N–H and O–H groups in total. The van der Waals surface area contributed by atoms with Gasteiger partial charge in [0.05, 0.1) is 36.4 Å². The quantitative estimate of drug-likeness (QED) is 0.793. The van der Waals surface area contributed by atoms with E-state index in [1.807, 2.05) is 12.1 Å². The molecule has 2 heterocycles. The zero-order valence-corrected chi connectivity index (χ0v) is 14.5. The SMILES string of the molecule is COc1ccccc1N1C(=NC(=O)CC#N)S[C@H]2CS(=O)(=O)C[C@H]21. The van der Waals surface area contributed by atoms with Crippen molar-refractivity contribution in [3.63, 3.8) is 0 Å². The Morgan fingerprint density at radius 1 is 1.46 bits per heavy atom. The maximum absolute atomic E-state index is 12.0. The first-order valence-electron chi connectivity index (χ1n) is 7.23. The van der Waals surface area contributed by atoms with Gasteiger partial charge in [-0.05, 0) is 12.1 Å². The fourth-order valence-corrected chi connectivity index (χ4v) is 6.81. The number of hydrogen-bond donors (Lipinski definition) is 0. The van der Waals surface area contributed by atoms with Crippen LogP contribution in [0.25, 0.3) is 0 Å². The third-order valence-corrected chi connectivity index (χ3v) is 7.07. The molecule has 0 unspecified atom stereocenters. The van der Waals surface area contributed by atoms with Crippen molar-refractivity contribution >= 4 is 38.4 Å². The largest absolute Gasteiger partial charge is 0.495 e. The summed E-state index contributed by atoms with van der Waals surface area (Å²) in [5.41, 5.74) is 0.667. The van der Waals surface area contributed by atoms with Crippen LogP contribution in [0.15, 0.2) is 29.3 Å². The van der Waals surface area contributed by atoms with Crippen LogP contribution < -0.4 is 9.64 Å². The number of sulfone groups is 1. The molecule has 7 nitrogen and oxygen atoms in total. The fourth-order valence-electron chi connectivity index (χ4n) is 2.89. The minimum Gasteiger partial charge on any atom is -0.495 e. The summed E-state index contributed by atoms with van der Waals surface area (Å²) >= 11 is 1.27. The van der Waals surface area contributed by atoms with E-state index in [-0.39, 0.29) is 29.2 Å². The number of anilines is 1. The lowest BCUT2D eigenvalue weighted by atomic mass is 10.2. The minimum absolute atomic E-state index is 0.00811. The van der Waals surface area contributed by atoms with E-state index in [0.717, 1.165) is 0 Å². The van der Waals surface area contributed by atoms with Crippen LogP contribution in [0.4, 0.5) is 5.69 Å². The summed E-state index contributed by atoms with van der Waals surface area (Å²) in [4.78, 5) is 17.6. The molecule has 24 heavy (non-hydrogen) atoms. The number of thioether (sulfide) groups is 1. The van der Waals surface area contributed by atoms with E-state index in [0.29, 0.717) is 16.6 Å². The lowest BCUT2D eigenvalue weighted by Crippen LogP contribution is -2.38. The Morgan fingerprint density at radius 3 is 2.92 bits per heavy atom. The van der Waals surface area contributed by atoms with Crippen LogP contribution in [0.5, 0.6) is 5.75 Å². The molecule has 2 fully saturated rings. The number of nitriles is 1. The number of hydrogen-bond acceptors (Lipinski definition) is 6. The van der Waals surface area contributed by atoms with Gasteiger partial charge in [0, 0.05) is 5.25 Å². The van der Waals surface area contributed by atoms with Gasteiger partial charge in [0.25, 0.3) is 5.91 Å². The number of rotatable bonds is 3. The molecule has 1 amide bonds. The number of amidine groups is 1. The third kappa shape index (κ3) is 3.12. The number of benzene rings is 1. The zero-order valence-electron chi connectivity index (χ0n) is 12.9. The van der Waals surface area contributed by atoms with Gasteiger partial charge in [-0.25, -0.2) is 8.42 Å². The Bertz CT molecular complexity index is 845. The van der Waals surface area contributed by atoms with Gasteiger partial charge >= 0.3 is 0 Å². The molecule has 0 aliphatic carbocycles. The van der Waals surface area contributed by atoms with Gasteiger partial charge in [0.15, 0.2) is 15.0 Å². The molecule has 2 aliphatic heterocycles. The summed E-state index contributed by atoms with van der Waals surface area (Å²) in [7, 11) is -1.59. The molecule has 2 aliphatic rings. The van der Waals surface area contributed by atoms with Crippen LogP contribution >= 0.6 is 11.8 Å². The van der Waals surface area contributed by atoms with Crippen molar-refractivity contribution < 1.29 is 17.9 Å². The van der Waals surface area contributed by atoms with Crippen LogP contribution in [0.2, 0.25) is 0 Å². The predicted octanol–water partition coefficient (Wildman–Crippen LogP) is 1.21. The average molecular weight is 365 g/mol. The van der Waals surface area contributed by atoms with E-state index in [2.05, 4.69) is 4.99 Å². The van der Waals surface area contributed by atoms with E-state index in [9.17, 15) is 13.2 Å². The molecule has 1 aromatic carbocycles. The van der Waals surface area contributed by atoms with Gasteiger partial charge in [-0.1, -0.05) is 23.9 Å². The number of fused-ring (bicyclic) bond motifs is 1. The van der Waals surface area contributed by atoms with Crippen LogP contribution in [0.1, 0.15) is 6.42 Å². The molecule has 2 atom stereocenters. The van der Waals surface area contributed by atoms with Crippen molar-refractivity contribution in [2.75, 3.05) is 23.5 Å². The Hall–Kier alpha value is -2.05. The molecular formula is C15H15N3O4S2. The lowest BCUT2D eigenvalue weighted by molar-refractivity contribution is -0.116. The van der Waals surface area contributed by atoms with Crippen molar-refractivity contribution in [1.82, 2.24) is 0 Å². The second-order valence-electron chi connectivity index (χ2n) is 5.47. The molecule has 126 valence electrons. The van der Waals surface area contributed by atoms with E-state index >= 15 is 0 Å². The highest BCUT2D eigenvalue weighted by Gasteiger charge is 2.49. The first kappa shape index (κ1) is 16.8. The number of methoxy groups -OCH3 is 1. The smallest absolute Gasteiger partial charge is 0.262 e. The molecule has 0 spiro atoms. The van der Waals surface area contributed by atoms with Crippen LogP contribution in [0.3, 0.4) is 0 Å². The van der Waals surface area contributed by atoms with Gasteiger partial charge in [0.2, 0.25) is 0 Å². The molecule has 3 rings (SSSR count). The topological polar surface area (TPSA) is 99.8 Å². The zero-order chi connectivity index (χ0) is 17.3. The van der Waals surface area contributed by atoms with Gasteiger partial charge in [-0.15, -0.1) is 0 Å².